The maximum absolute atomic E-state index is 9.20. The second kappa shape index (κ2) is 5.07. The van der Waals surface area contributed by atoms with E-state index in [1.165, 1.54) is 0 Å². The van der Waals surface area contributed by atoms with E-state index in [2.05, 4.69) is 11.4 Å². The lowest BCUT2D eigenvalue weighted by Crippen LogP contribution is -2.35. The summed E-state index contributed by atoms with van der Waals surface area (Å²) < 4.78 is 5.30. The molecule has 1 aliphatic carbocycles. The van der Waals surface area contributed by atoms with E-state index in [-0.39, 0.29) is 5.41 Å². The zero-order valence-electron chi connectivity index (χ0n) is 10.7. The van der Waals surface area contributed by atoms with Gasteiger partial charge in [-0.3, -0.25) is 0 Å². The highest BCUT2D eigenvalue weighted by molar-refractivity contribution is 6.31. The highest BCUT2D eigenvalue weighted by Crippen LogP contribution is 2.41. The Morgan fingerprint density at radius 3 is 2.72 bits per heavy atom. The molecule has 2 rings (SSSR count). The molecule has 0 unspecified atom stereocenters. The third kappa shape index (κ3) is 2.39. The largest absolute Gasteiger partial charge is 0.495 e. The van der Waals surface area contributed by atoms with Crippen LogP contribution in [-0.2, 0) is 0 Å². The summed E-state index contributed by atoms with van der Waals surface area (Å²) in [6.45, 7) is 2.62. The quantitative estimate of drug-likeness (QED) is 0.901. The molecule has 0 aromatic heterocycles. The number of hydrogen-bond acceptors (Lipinski definition) is 3. The molecular formula is C14H17ClN2O. The van der Waals surface area contributed by atoms with E-state index < -0.39 is 0 Å². The number of halogens is 1. The van der Waals surface area contributed by atoms with Crippen molar-refractivity contribution in [3.8, 4) is 11.8 Å². The van der Waals surface area contributed by atoms with Crippen molar-refractivity contribution in [3.05, 3.63) is 22.7 Å². The molecule has 1 N–H and O–H groups in total. The van der Waals surface area contributed by atoms with Crippen LogP contribution in [0.1, 0.15) is 24.8 Å². The number of hydrogen-bond donors (Lipinski definition) is 1. The molecule has 18 heavy (non-hydrogen) atoms. The number of ether oxygens (including phenoxy) is 1. The van der Waals surface area contributed by atoms with Crippen LogP contribution in [0.25, 0.3) is 0 Å². The number of benzene rings is 1. The lowest BCUT2D eigenvalue weighted by molar-refractivity contribution is 0.233. The molecule has 0 saturated heterocycles. The first kappa shape index (κ1) is 13.0. The molecular weight excluding hydrogens is 248 g/mol. The molecule has 1 aromatic carbocycles. The predicted molar refractivity (Wildman–Crippen MR) is 73.1 cm³/mol. The summed E-state index contributed by atoms with van der Waals surface area (Å²) in [5.41, 5.74) is 1.71. The summed E-state index contributed by atoms with van der Waals surface area (Å²) in [6, 6.07) is 6.19. The SMILES string of the molecule is COc1cc(Cl)c(C)cc1NCC1(C#N)CCC1. The number of nitriles is 1. The summed E-state index contributed by atoms with van der Waals surface area (Å²) in [6.07, 6.45) is 3.10. The smallest absolute Gasteiger partial charge is 0.143 e. The average molecular weight is 265 g/mol. The van der Waals surface area contributed by atoms with Gasteiger partial charge < -0.3 is 10.1 Å². The van der Waals surface area contributed by atoms with Crippen LogP contribution in [0.15, 0.2) is 12.1 Å². The number of nitrogens with one attached hydrogen (secondary N) is 1. The number of nitrogens with zero attached hydrogens (tertiary/aromatic N) is 1. The van der Waals surface area contributed by atoms with Crippen molar-refractivity contribution in [1.82, 2.24) is 0 Å². The molecule has 1 saturated carbocycles. The van der Waals surface area contributed by atoms with Crippen molar-refractivity contribution in [1.29, 1.82) is 5.26 Å². The second-order valence-electron chi connectivity index (χ2n) is 4.90. The van der Waals surface area contributed by atoms with Crippen LogP contribution in [-0.4, -0.2) is 13.7 Å². The molecule has 0 heterocycles. The molecule has 3 nitrogen and oxygen atoms in total. The monoisotopic (exact) mass is 264 g/mol. The Balaban J connectivity index is 2.14. The van der Waals surface area contributed by atoms with Gasteiger partial charge in [0.25, 0.3) is 0 Å². The van der Waals surface area contributed by atoms with E-state index in [0.717, 1.165) is 36.3 Å². The summed E-state index contributed by atoms with van der Waals surface area (Å²) in [7, 11) is 1.62. The molecule has 0 aliphatic heterocycles. The number of rotatable bonds is 4. The van der Waals surface area contributed by atoms with E-state index in [9.17, 15) is 5.26 Å². The number of methoxy groups -OCH3 is 1. The van der Waals surface area contributed by atoms with Crippen molar-refractivity contribution < 1.29 is 4.74 Å². The summed E-state index contributed by atoms with van der Waals surface area (Å²) in [5.74, 6) is 0.720. The molecule has 0 radical (unpaired) electrons. The minimum absolute atomic E-state index is 0.196. The minimum Gasteiger partial charge on any atom is -0.495 e. The highest BCUT2D eigenvalue weighted by Gasteiger charge is 2.37. The van der Waals surface area contributed by atoms with E-state index in [4.69, 9.17) is 16.3 Å². The summed E-state index contributed by atoms with van der Waals surface area (Å²) in [5, 5.41) is 13.2. The van der Waals surface area contributed by atoms with Crippen LogP contribution in [0.5, 0.6) is 5.75 Å². The van der Waals surface area contributed by atoms with Crippen LogP contribution < -0.4 is 10.1 Å². The van der Waals surface area contributed by atoms with Gasteiger partial charge in [-0.1, -0.05) is 18.0 Å². The second-order valence-corrected chi connectivity index (χ2v) is 5.31. The van der Waals surface area contributed by atoms with Gasteiger partial charge in [0, 0.05) is 17.6 Å². The third-order valence-electron chi connectivity index (χ3n) is 3.65. The molecule has 0 bridgehead atoms. The van der Waals surface area contributed by atoms with Crippen molar-refractivity contribution in [2.24, 2.45) is 5.41 Å². The highest BCUT2D eigenvalue weighted by atomic mass is 35.5. The van der Waals surface area contributed by atoms with E-state index in [1.807, 2.05) is 13.0 Å². The maximum Gasteiger partial charge on any atom is 0.143 e. The van der Waals surface area contributed by atoms with E-state index >= 15 is 0 Å². The zero-order valence-corrected chi connectivity index (χ0v) is 11.5. The maximum atomic E-state index is 9.20. The molecule has 1 fully saturated rings. The van der Waals surface area contributed by atoms with Gasteiger partial charge in [-0.15, -0.1) is 0 Å². The first-order valence-corrected chi connectivity index (χ1v) is 6.47. The van der Waals surface area contributed by atoms with Gasteiger partial charge in [-0.25, -0.2) is 0 Å². The number of aryl methyl sites for hydroxylation is 1. The molecule has 1 aromatic rings. The van der Waals surface area contributed by atoms with Crippen molar-refractivity contribution in [3.63, 3.8) is 0 Å². The van der Waals surface area contributed by atoms with E-state index in [0.29, 0.717) is 11.6 Å². The van der Waals surface area contributed by atoms with Crippen LogP contribution in [0.2, 0.25) is 5.02 Å². The first-order valence-electron chi connectivity index (χ1n) is 6.09. The fraction of sp³-hybridized carbons (Fsp3) is 0.500. The predicted octanol–water partition coefficient (Wildman–Crippen LogP) is 3.76. The topological polar surface area (TPSA) is 45.0 Å². The minimum atomic E-state index is -0.196. The molecule has 96 valence electrons. The van der Waals surface area contributed by atoms with Gasteiger partial charge in [-0.05, 0) is 31.4 Å². The lowest BCUT2D eigenvalue weighted by atomic mass is 9.70. The molecule has 1 aliphatic rings. The molecule has 4 heteroatoms. The van der Waals surface area contributed by atoms with Crippen molar-refractivity contribution in [2.75, 3.05) is 19.0 Å². The van der Waals surface area contributed by atoms with Crippen LogP contribution in [0, 0.1) is 23.7 Å². The average Bonchev–Trinajstić information content (AvgIpc) is 2.32. The third-order valence-corrected chi connectivity index (χ3v) is 4.05. The van der Waals surface area contributed by atoms with Crippen molar-refractivity contribution >= 4 is 17.3 Å². The summed E-state index contributed by atoms with van der Waals surface area (Å²) >= 11 is 6.06. The van der Waals surface area contributed by atoms with Gasteiger partial charge in [-0.2, -0.15) is 5.26 Å². The Bertz CT molecular complexity index is 489. The Morgan fingerprint density at radius 2 is 2.22 bits per heavy atom. The Morgan fingerprint density at radius 1 is 1.50 bits per heavy atom. The molecule has 0 spiro atoms. The Hall–Kier alpha value is -1.40. The molecule has 0 amide bonds. The van der Waals surface area contributed by atoms with Crippen molar-refractivity contribution in [2.45, 2.75) is 26.2 Å². The first-order chi connectivity index (χ1) is 8.60. The van der Waals surface area contributed by atoms with Crippen LogP contribution in [0.3, 0.4) is 0 Å². The Labute approximate surface area is 113 Å². The Kier molecular flexibility index (Phi) is 3.68. The normalized spacial score (nSPS) is 16.6. The fourth-order valence-electron chi connectivity index (χ4n) is 2.17. The number of anilines is 1. The standard InChI is InChI=1S/C14H17ClN2O/c1-10-6-12(13(18-2)7-11(10)15)17-9-14(8-16)4-3-5-14/h6-7,17H,3-5,9H2,1-2H3. The van der Waals surface area contributed by atoms with Crippen LogP contribution in [0.4, 0.5) is 5.69 Å². The summed E-state index contributed by atoms with van der Waals surface area (Å²) in [4.78, 5) is 0. The van der Waals surface area contributed by atoms with Gasteiger partial charge in [0.15, 0.2) is 0 Å². The van der Waals surface area contributed by atoms with Gasteiger partial charge in [0.1, 0.15) is 5.75 Å². The van der Waals surface area contributed by atoms with Gasteiger partial charge in [0.05, 0.1) is 24.3 Å². The van der Waals surface area contributed by atoms with E-state index in [1.54, 1.807) is 13.2 Å². The zero-order chi connectivity index (χ0) is 13.2. The molecule has 0 atom stereocenters. The lowest BCUT2D eigenvalue weighted by Gasteiger charge is -2.35. The van der Waals surface area contributed by atoms with Gasteiger partial charge in [0.2, 0.25) is 0 Å². The van der Waals surface area contributed by atoms with Crippen LogP contribution >= 0.6 is 11.6 Å². The van der Waals surface area contributed by atoms with Gasteiger partial charge >= 0.3 is 0 Å². The fourth-order valence-corrected chi connectivity index (χ4v) is 2.32.